The summed E-state index contributed by atoms with van der Waals surface area (Å²) in [7, 11) is 0. The number of fused-ring (bicyclic) bond motifs is 2. The molecule has 0 aliphatic heterocycles. The fourth-order valence-corrected chi connectivity index (χ4v) is 5.02. The molecule has 0 fully saturated rings. The molecule has 10 heteroatoms. The van der Waals surface area contributed by atoms with Gasteiger partial charge >= 0.3 is 0 Å². The van der Waals surface area contributed by atoms with Crippen LogP contribution in [0.4, 0.5) is 5.82 Å². The lowest BCUT2D eigenvalue weighted by Gasteiger charge is -2.24. The molecular weight excluding hydrogens is 490 g/mol. The van der Waals surface area contributed by atoms with Gasteiger partial charge in [-0.1, -0.05) is 41.9 Å². The van der Waals surface area contributed by atoms with Gasteiger partial charge in [0.05, 0.1) is 27.8 Å². The van der Waals surface area contributed by atoms with E-state index in [0.29, 0.717) is 49.7 Å². The number of para-hydroxylation sites is 1. The highest BCUT2D eigenvalue weighted by atomic mass is 35.5. The Balaban J connectivity index is 1.62. The lowest BCUT2D eigenvalue weighted by atomic mass is 10.1. The van der Waals surface area contributed by atoms with E-state index in [1.807, 2.05) is 55.5 Å². The predicted molar refractivity (Wildman–Crippen MR) is 144 cm³/mol. The summed E-state index contributed by atoms with van der Waals surface area (Å²) in [4.78, 5) is 38.3. The molecule has 2 N–H and O–H groups in total. The third kappa shape index (κ3) is 3.76. The lowest BCUT2D eigenvalue weighted by Crippen LogP contribution is -2.27. The Morgan fingerprint density at radius 3 is 2.59 bits per heavy atom. The number of rotatable bonds is 5. The molecule has 9 nitrogen and oxygen atoms in total. The molecule has 1 atom stereocenters. The number of hydrogen-bond acceptors (Lipinski definition) is 6. The molecule has 0 bridgehead atoms. The quantitative estimate of drug-likeness (QED) is 0.350. The summed E-state index contributed by atoms with van der Waals surface area (Å²) < 4.78 is 3.25. The number of pyridine rings is 2. The molecule has 2 aromatic carbocycles. The van der Waals surface area contributed by atoms with Crippen LogP contribution in [0.15, 0.2) is 95.2 Å². The van der Waals surface area contributed by atoms with Crippen LogP contribution in [-0.4, -0.2) is 29.3 Å². The van der Waals surface area contributed by atoms with Crippen LogP contribution in [0.3, 0.4) is 0 Å². The van der Waals surface area contributed by atoms with Crippen molar-refractivity contribution in [2.45, 2.75) is 13.0 Å². The molecule has 6 aromatic rings. The number of nitrogens with zero attached hydrogens (tertiary/aromatic N) is 5. The highest BCUT2D eigenvalue weighted by Crippen LogP contribution is 2.34. The van der Waals surface area contributed by atoms with Crippen LogP contribution >= 0.6 is 11.6 Å². The first-order chi connectivity index (χ1) is 18.0. The van der Waals surface area contributed by atoms with Crippen LogP contribution in [-0.2, 0) is 0 Å². The van der Waals surface area contributed by atoms with Crippen molar-refractivity contribution in [3.05, 3.63) is 117 Å². The van der Waals surface area contributed by atoms with Crippen molar-refractivity contribution in [1.82, 2.24) is 29.3 Å². The number of H-pyrrole nitrogens is 1. The molecule has 0 aliphatic rings. The Kier molecular flexibility index (Phi) is 5.54. The molecule has 37 heavy (non-hydrogen) atoms. The largest absolute Gasteiger partial charge is 0.361 e. The minimum atomic E-state index is -0.518. The molecule has 0 radical (unpaired) electrons. The van der Waals surface area contributed by atoms with Crippen molar-refractivity contribution in [2.75, 3.05) is 5.32 Å². The maximum atomic E-state index is 14.2. The van der Waals surface area contributed by atoms with Crippen molar-refractivity contribution in [2.24, 2.45) is 0 Å². The van der Waals surface area contributed by atoms with Gasteiger partial charge in [0, 0.05) is 35.7 Å². The van der Waals surface area contributed by atoms with E-state index < -0.39 is 6.04 Å². The van der Waals surface area contributed by atoms with Crippen molar-refractivity contribution in [3.8, 4) is 11.4 Å². The second kappa shape index (κ2) is 9.03. The maximum absolute atomic E-state index is 14.2. The van der Waals surface area contributed by atoms with Crippen LogP contribution < -0.4 is 16.3 Å². The minimum Gasteiger partial charge on any atom is -0.361 e. The monoisotopic (exact) mass is 509 g/mol. The second-order valence-corrected chi connectivity index (χ2v) is 8.86. The highest BCUT2D eigenvalue weighted by molar-refractivity contribution is 6.36. The van der Waals surface area contributed by atoms with Crippen molar-refractivity contribution in [3.63, 3.8) is 0 Å². The summed E-state index contributed by atoms with van der Waals surface area (Å²) in [5.74, 6) is 0.341. The summed E-state index contributed by atoms with van der Waals surface area (Å²) >= 11 is 7.08. The lowest BCUT2D eigenvalue weighted by molar-refractivity contribution is 0.773. The molecular formula is C27H20ClN7O2. The normalized spacial score (nSPS) is 12.2. The number of aromatic amines is 1. The number of nitrogens with one attached hydrogen (secondary N) is 2. The molecule has 182 valence electrons. The van der Waals surface area contributed by atoms with Gasteiger partial charge < -0.3 is 10.3 Å². The Morgan fingerprint density at radius 2 is 1.81 bits per heavy atom. The Bertz CT molecular complexity index is 1870. The van der Waals surface area contributed by atoms with Gasteiger partial charge in [-0.25, -0.2) is 14.6 Å². The third-order valence-electron chi connectivity index (χ3n) is 6.24. The molecule has 0 spiro atoms. The van der Waals surface area contributed by atoms with Gasteiger partial charge in [0.1, 0.15) is 23.2 Å². The average molecular weight is 510 g/mol. The van der Waals surface area contributed by atoms with E-state index in [0.717, 1.165) is 0 Å². The average Bonchev–Trinajstić information content (AvgIpc) is 3.46. The summed E-state index contributed by atoms with van der Waals surface area (Å²) in [6.45, 7) is 1.87. The smallest absolute Gasteiger partial charge is 0.265 e. The SMILES string of the molecule is C[C@H](Nc1ncnc2[nH]ccc(=O)c12)c1c(Cl)c2cccc(-n3cccn3)c2c(=O)n1-c1ccccc1. The highest BCUT2D eigenvalue weighted by Gasteiger charge is 2.24. The Labute approximate surface area is 215 Å². The first-order valence-corrected chi connectivity index (χ1v) is 11.9. The van der Waals surface area contributed by atoms with E-state index in [1.54, 1.807) is 27.7 Å². The molecule has 0 aliphatic carbocycles. The molecule has 0 saturated carbocycles. The first-order valence-electron chi connectivity index (χ1n) is 11.6. The molecule has 0 saturated heterocycles. The van der Waals surface area contributed by atoms with Crippen LogP contribution in [0.5, 0.6) is 0 Å². The molecule has 0 amide bonds. The van der Waals surface area contributed by atoms with Crippen LogP contribution in [0.25, 0.3) is 33.2 Å². The van der Waals surface area contributed by atoms with Crippen LogP contribution in [0.2, 0.25) is 5.02 Å². The summed E-state index contributed by atoms with van der Waals surface area (Å²) in [6, 6.07) is 17.5. The van der Waals surface area contributed by atoms with E-state index in [9.17, 15) is 9.59 Å². The molecule has 6 rings (SSSR count). The van der Waals surface area contributed by atoms with Gasteiger partial charge in [0.15, 0.2) is 5.43 Å². The van der Waals surface area contributed by atoms with Crippen molar-refractivity contribution < 1.29 is 0 Å². The summed E-state index contributed by atoms with van der Waals surface area (Å²) in [5, 5.41) is 9.39. The van der Waals surface area contributed by atoms with Gasteiger partial charge in [0.25, 0.3) is 5.56 Å². The molecule has 0 unspecified atom stereocenters. The van der Waals surface area contributed by atoms with E-state index in [2.05, 4.69) is 25.4 Å². The number of aromatic nitrogens is 6. The second-order valence-electron chi connectivity index (χ2n) is 8.48. The van der Waals surface area contributed by atoms with Gasteiger partial charge in [-0.05, 0) is 31.2 Å². The third-order valence-corrected chi connectivity index (χ3v) is 6.64. The number of anilines is 1. The zero-order valence-corrected chi connectivity index (χ0v) is 20.3. The zero-order valence-electron chi connectivity index (χ0n) is 19.6. The minimum absolute atomic E-state index is 0.224. The predicted octanol–water partition coefficient (Wildman–Crippen LogP) is 4.63. The molecule has 4 aromatic heterocycles. The fourth-order valence-electron chi connectivity index (χ4n) is 4.62. The van der Waals surface area contributed by atoms with E-state index in [1.165, 1.54) is 18.6 Å². The fraction of sp³-hybridized carbons (Fsp3) is 0.0741. The number of hydrogen-bond donors (Lipinski definition) is 2. The van der Waals surface area contributed by atoms with E-state index >= 15 is 0 Å². The van der Waals surface area contributed by atoms with E-state index in [4.69, 9.17) is 11.6 Å². The van der Waals surface area contributed by atoms with Gasteiger partial charge in [0.2, 0.25) is 0 Å². The van der Waals surface area contributed by atoms with Crippen LogP contribution in [0.1, 0.15) is 18.7 Å². The Hall–Kier alpha value is -4.76. The van der Waals surface area contributed by atoms with Crippen molar-refractivity contribution in [1.29, 1.82) is 0 Å². The Morgan fingerprint density at radius 1 is 0.973 bits per heavy atom. The number of benzene rings is 2. The standard InChI is InChI=1S/C27H20ClN7O2/c1-16(33-26-22-20(36)11-13-29-25(22)30-15-31-26)24-23(28)18-9-5-10-19(34-14-6-12-32-34)21(18)27(37)35(24)17-7-3-2-4-8-17/h2-16H,1H3,(H2,29,30,31,33,36)/t16-/m0/s1. The van der Waals surface area contributed by atoms with Crippen LogP contribution in [0, 0.1) is 0 Å². The van der Waals surface area contributed by atoms with E-state index in [-0.39, 0.29) is 11.0 Å². The first kappa shape index (κ1) is 22.7. The van der Waals surface area contributed by atoms with Gasteiger partial charge in [-0.3, -0.25) is 14.2 Å². The van der Waals surface area contributed by atoms with Gasteiger partial charge in [-0.15, -0.1) is 0 Å². The maximum Gasteiger partial charge on any atom is 0.265 e. The van der Waals surface area contributed by atoms with Gasteiger partial charge in [-0.2, -0.15) is 5.10 Å². The summed E-state index contributed by atoms with van der Waals surface area (Å²) in [5.41, 5.74) is 1.75. The zero-order chi connectivity index (χ0) is 25.5. The molecule has 4 heterocycles. The summed E-state index contributed by atoms with van der Waals surface area (Å²) in [6.07, 6.45) is 6.35. The van der Waals surface area contributed by atoms with Crippen molar-refractivity contribution >= 4 is 39.2 Å². The topological polar surface area (TPSA) is 110 Å². The number of halogens is 1.